The second-order valence-electron chi connectivity index (χ2n) is 5.18. The number of rotatable bonds is 6. The van der Waals surface area contributed by atoms with E-state index in [1.807, 2.05) is 19.9 Å². The van der Waals surface area contributed by atoms with E-state index in [-0.39, 0.29) is 17.5 Å². The fraction of sp³-hybridized carbons (Fsp3) is 0.222. The van der Waals surface area contributed by atoms with Gasteiger partial charge in [-0.15, -0.1) is 11.3 Å². The summed E-state index contributed by atoms with van der Waals surface area (Å²) in [4.78, 5) is 12.8. The van der Waals surface area contributed by atoms with Crippen molar-refractivity contribution in [3.8, 4) is 17.6 Å². The molecule has 0 unspecified atom stereocenters. The Labute approximate surface area is 149 Å². The molecule has 0 bridgehead atoms. The zero-order valence-corrected chi connectivity index (χ0v) is 15.1. The molecule has 24 heavy (non-hydrogen) atoms. The number of ketones is 1. The van der Waals surface area contributed by atoms with E-state index in [0.29, 0.717) is 27.0 Å². The summed E-state index contributed by atoms with van der Waals surface area (Å²) in [6.07, 6.45) is 1.43. The number of hydrogen-bond donors (Lipinski definition) is 0. The van der Waals surface area contributed by atoms with Gasteiger partial charge in [-0.1, -0.05) is 17.7 Å². The maximum atomic E-state index is 12.3. The summed E-state index contributed by atoms with van der Waals surface area (Å²) in [5.41, 5.74) is 0.627. The van der Waals surface area contributed by atoms with Crippen LogP contribution in [0.3, 0.4) is 0 Å². The van der Waals surface area contributed by atoms with Gasteiger partial charge in [-0.3, -0.25) is 4.79 Å². The zero-order valence-electron chi connectivity index (χ0n) is 13.5. The molecule has 2 aromatic rings. The maximum Gasteiger partial charge on any atom is 0.213 e. The van der Waals surface area contributed by atoms with Crippen LogP contribution < -0.4 is 9.47 Å². The Morgan fingerprint density at radius 1 is 1.42 bits per heavy atom. The number of Topliss-reactive ketones (excluding diaryl/α,β-unsaturated/α-hetero) is 1. The zero-order chi connectivity index (χ0) is 17.7. The molecule has 1 heterocycles. The van der Waals surface area contributed by atoms with Gasteiger partial charge in [-0.25, -0.2) is 0 Å². The molecule has 0 aliphatic rings. The summed E-state index contributed by atoms with van der Waals surface area (Å²) in [6.45, 7) is 3.77. The van der Waals surface area contributed by atoms with Crippen molar-refractivity contribution in [3.05, 3.63) is 50.7 Å². The number of hydrogen-bond acceptors (Lipinski definition) is 5. The number of halogens is 1. The highest BCUT2D eigenvalue weighted by molar-refractivity contribution is 7.12. The van der Waals surface area contributed by atoms with Gasteiger partial charge in [-0.2, -0.15) is 5.26 Å². The van der Waals surface area contributed by atoms with Gasteiger partial charge in [-0.05, 0) is 49.1 Å². The molecule has 2 rings (SSSR count). The second-order valence-corrected chi connectivity index (χ2v) is 6.53. The summed E-state index contributed by atoms with van der Waals surface area (Å²) < 4.78 is 11.0. The molecule has 0 spiro atoms. The first-order chi connectivity index (χ1) is 11.5. The van der Waals surface area contributed by atoms with Crippen molar-refractivity contribution >= 4 is 34.8 Å². The molecule has 124 valence electrons. The quantitative estimate of drug-likeness (QED) is 0.413. The van der Waals surface area contributed by atoms with Crippen LogP contribution in [0.2, 0.25) is 5.02 Å². The van der Waals surface area contributed by atoms with E-state index in [1.54, 1.807) is 29.6 Å². The van der Waals surface area contributed by atoms with E-state index in [4.69, 9.17) is 21.1 Å². The Hall–Kier alpha value is -2.29. The molecule has 0 aliphatic carbocycles. The molecule has 0 amide bonds. The van der Waals surface area contributed by atoms with Gasteiger partial charge < -0.3 is 9.47 Å². The lowest BCUT2D eigenvalue weighted by atomic mass is 10.1. The van der Waals surface area contributed by atoms with E-state index in [1.165, 1.54) is 24.5 Å². The normalized spacial score (nSPS) is 11.2. The van der Waals surface area contributed by atoms with E-state index in [9.17, 15) is 10.1 Å². The van der Waals surface area contributed by atoms with E-state index >= 15 is 0 Å². The first kappa shape index (κ1) is 18.1. The van der Waals surface area contributed by atoms with Crippen molar-refractivity contribution in [2.24, 2.45) is 0 Å². The van der Waals surface area contributed by atoms with E-state index in [0.717, 1.165) is 0 Å². The van der Waals surface area contributed by atoms with Gasteiger partial charge in [0.05, 0.1) is 23.1 Å². The van der Waals surface area contributed by atoms with Crippen molar-refractivity contribution < 1.29 is 14.3 Å². The van der Waals surface area contributed by atoms with Crippen molar-refractivity contribution in [1.82, 2.24) is 0 Å². The lowest BCUT2D eigenvalue weighted by Crippen LogP contribution is -2.07. The lowest BCUT2D eigenvalue weighted by Gasteiger charge is -2.15. The van der Waals surface area contributed by atoms with Crippen LogP contribution in [0.25, 0.3) is 6.08 Å². The molecule has 0 fully saturated rings. The number of nitriles is 1. The number of carbonyl (C=O) groups excluding carboxylic acids is 1. The summed E-state index contributed by atoms with van der Waals surface area (Å²) in [6, 6.07) is 8.72. The van der Waals surface area contributed by atoms with Crippen LogP contribution in [0.1, 0.15) is 29.1 Å². The Balaban J connectivity index is 2.43. The number of carbonyl (C=O) groups is 1. The van der Waals surface area contributed by atoms with Gasteiger partial charge in [0.15, 0.2) is 11.5 Å². The highest BCUT2D eigenvalue weighted by atomic mass is 35.5. The Bertz CT molecular complexity index is 804. The average molecular weight is 362 g/mol. The van der Waals surface area contributed by atoms with Crippen LogP contribution in [-0.4, -0.2) is 19.0 Å². The number of nitrogens with zero attached hydrogens (tertiary/aromatic N) is 1. The van der Waals surface area contributed by atoms with Crippen molar-refractivity contribution in [2.75, 3.05) is 7.11 Å². The first-order valence-corrected chi connectivity index (χ1v) is 8.46. The highest BCUT2D eigenvalue weighted by Crippen LogP contribution is 2.37. The molecule has 6 heteroatoms. The summed E-state index contributed by atoms with van der Waals surface area (Å²) in [7, 11) is 1.51. The first-order valence-electron chi connectivity index (χ1n) is 7.20. The molecular weight excluding hydrogens is 346 g/mol. The molecule has 1 aromatic heterocycles. The van der Waals surface area contributed by atoms with Crippen LogP contribution in [0.5, 0.6) is 11.5 Å². The smallest absolute Gasteiger partial charge is 0.213 e. The molecule has 0 radical (unpaired) electrons. The topological polar surface area (TPSA) is 59.3 Å². The highest BCUT2D eigenvalue weighted by Gasteiger charge is 2.16. The molecule has 0 atom stereocenters. The van der Waals surface area contributed by atoms with Gasteiger partial charge in [0.1, 0.15) is 11.6 Å². The van der Waals surface area contributed by atoms with Gasteiger partial charge in [0, 0.05) is 0 Å². The summed E-state index contributed by atoms with van der Waals surface area (Å²) in [5, 5.41) is 11.5. The van der Waals surface area contributed by atoms with Gasteiger partial charge >= 0.3 is 0 Å². The minimum Gasteiger partial charge on any atom is -0.493 e. The van der Waals surface area contributed by atoms with Crippen LogP contribution in [0.4, 0.5) is 0 Å². The van der Waals surface area contributed by atoms with Crippen molar-refractivity contribution in [1.29, 1.82) is 5.26 Å². The fourth-order valence-electron chi connectivity index (χ4n) is 2.03. The van der Waals surface area contributed by atoms with Gasteiger partial charge in [0.25, 0.3) is 0 Å². The minimum atomic E-state index is -0.315. The molecule has 4 nitrogen and oxygen atoms in total. The van der Waals surface area contributed by atoms with E-state index in [2.05, 4.69) is 0 Å². The Morgan fingerprint density at radius 3 is 2.71 bits per heavy atom. The molecular formula is C18H16ClNO3S. The third-order valence-electron chi connectivity index (χ3n) is 3.03. The largest absolute Gasteiger partial charge is 0.493 e. The number of thiophene rings is 1. The number of allylic oxidation sites excluding steroid dienone is 1. The predicted molar refractivity (Wildman–Crippen MR) is 96.0 cm³/mol. The second kappa shape index (κ2) is 8.00. The third kappa shape index (κ3) is 4.16. The van der Waals surface area contributed by atoms with Crippen LogP contribution in [-0.2, 0) is 0 Å². The SMILES string of the molecule is COc1cc(/C=C(\C#N)C(=O)c2cccs2)cc(Cl)c1OC(C)C. The number of benzene rings is 1. The number of ether oxygens (including phenoxy) is 2. The molecule has 0 N–H and O–H groups in total. The average Bonchev–Trinajstić information content (AvgIpc) is 3.08. The standard InChI is InChI=1S/C18H16ClNO3S/c1-11(2)23-18-14(19)8-12(9-15(18)22-3)7-13(10-20)17(21)16-5-4-6-24-16/h4-9,11H,1-3H3/b13-7+. The Kier molecular flexibility index (Phi) is 6.02. The summed E-state index contributed by atoms with van der Waals surface area (Å²) >= 11 is 7.56. The molecule has 1 aromatic carbocycles. The fourth-order valence-corrected chi connectivity index (χ4v) is 2.97. The Morgan fingerprint density at radius 2 is 2.17 bits per heavy atom. The van der Waals surface area contributed by atoms with Crippen LogP contribution in [0, 0.1) is 11.3 Å². The van der Waals surface area contributed by atoms with Crippen molar-refractivity contribution in [2.45, 2.75) is 20.0 Å². The molecule has 0 saturated heterocycles. The maximum absolute atomic E-state index is 12.3. The lowest BCUT2D eigenvalue weighted by molar-refractivity contribution is 0.104. The predicted octanol–water partition coefficient (Wildman–Crippen LogP) is 4.99. The van der Waals surface area contributed by atoms with E-state index < -0.39 is 0 Å². The monoisotopic (exact) mass is 361 g/mol. The number of methoxy groups -OCH3 is 1. The van der Waals surface area contributed by atoms with Crippen LogP contribution >= 0.6 is 22.9 Å². The molecule has 0 saturated carbocycles. The summed E-state index contributed by atoms with van der Waals surface area (Å²) in [5.74, 6) is 0.572. The van der Waals surface area contributed by atoms with Crippen LogP contribution in [0.15, 0.2) is 35.2 Å². The van der Waals surface area contributed by atoms with Crippen molar-refractivity contribution in [3.63, 3.8) is 0 Å². The van der Waals surface area contributed by atoms with Gasteiger partial charge in [0.2, 0.25) is 5.78 Å². The minimum absolute atomic E-state index is 0.0353. The molecule has 0 aliphatic heterocycles. The third-order valence-corrected chi connectivity index (χ3v) is 4.18.